The van der Waals surface area contributed by atoms with Crippen molar-refractivity contribution >= 4 is 62.9 Å². The molecule has 0 saturated heterocycles. The van der Waals surface area contributed by atoms with Crippen LogP contribution in [0, 0.1) is 0 Å². The van der Waals surface area contributed by atoms with Crippen LogP contribution < -0.4 is 11.1 Å². The molecule has 9 heteroatoms. The predicted octanol–water partition coefficient (Wildman–Crippen LogP) is 5.96. The highest BCUT2D eigenvalue weighted by Gasteiger charge is 2.23. The summed E-state index contributed by atoms with van der Waals surface area (Å²) in [7, 11) is 0. The van der Waals surface area contributed by atoms with Gasteiger partial charge >= 0.3 is 5.97 Å². The van der Waals surface area contributed by atoms with Gasteiger partial charge in [-0.1, -0.05) is 40.6 Å². The Kier molecular flexibility index (Phi) is 6.36. The number of esters is 1. The monoisotopic (exact) mass is 463 g/mol. The van der Waals surface area contributed by atoms with Crippen molar-refractivity contribution in [3.8, 4) is 0 Å². The highest BCUT2D eigenvalue weighted by Crippen LogP contribution is 2.34. The molecule has 156 valence electrons. The number of thiazole rings is 1. The minimum absolute atomic E-state index is 0.0776. The van der Waals surface area contributed by atoms with Crippen LogP contribution in [0.15, 0.2) is 42.5 Å². The summed E-state index contributed by atoms with van der Waals surface area (Å²) >= 11 is 13.3. The molecule has 0 atom stereocenters. The van der Waals surface area contributed by atoms with Crippen LogP contribution in [0.3, 0.4) is 0 Å². The molecule has 0 saturated carbocycles. The number of aromatic nitrogens is 1. The van der Waals surface area contributed by atoms with Gasteiger partial charge in [-0.15, -0.1) is 0 Å². The number of ether oxygens (including phenoxy) is 1. The quantitative estimate of drug-likeness (QED) is 0.357. The summed E-state index contributed by atoms with van der Waals surface area (Å²) in [5, 5.41) is 3.98. The first-order valence-electron chi connectivity index (χ1n) is 8.90. The van der Waals surface area contributed by atoms with Gasteiger partial charge in [-0.05, 0) is 57.2 Å². The molecular weight excluding hydrogens is 445 g/mol. The van der Waals surface area contributed by atoms with Crippen molar-refractivity contribution in [2.75, 3.05) is 11.1 Å². The Morgan fingerprint density at radius 1 is 1.07 bits per heavy atom. The summed E-state index contributed by atoms with van der Waals surface area (Å²) in [4.78, 5) is 29.4. The second kappa shape index (κ2) is 8.63. The lowest BCUT2D eigenvalue weighted by atomic mass is 10.1. The molecule has 3 aromatic rings. The summed E-state index contributed by atoms with van der Waals surface area (Å²) < 4.78 is 5.34. The lowest BCUT2D eigenvalue weighted by Gasteiger charge is -2.19. The van der Waals surface area contributed by atoms with Crippen LogP contribution in [0.2, 0.25) is 10.0 Å². The Morgan fingerprint density at radius 3 is 2.23 bits per heavy atom. The van der Waals surface area contributed by atoms with E-state index in [0.29, 0.717) is 16.4 Å². The standard InChI is InChI=1S/C21H19Cl2N3O3S/c1-21(2,3)29-19(28)11-7-9-12(10-8-11)25-20-26-18(24)17(30-20)16(27)15-13(22)5-4-6-14(15)23/h4-10H,24H2,1-3H3,(H,25,26). The summed E-state index contributed by atoms with van der Waals surface area (Å²) in [6, 6.07) is 11.5. The number of nitrogens with one attached hydrogen (secondary N) is 1. The molecule has 0 amide bonds. The molecule has 1 aromatic heterocycles. The van der Waals surface area contributed by atoms with E-state index in [1.807, 2.05) is 20.8 Å². The van der Waals surface area contributed by atoms with Crippen LogP contribution in [0.4, 0.5) is 16.6 Å². The summed E-state index contributed by atoms with van der Waals surface area (Å²) in [5.41, 5.74) is 6.66. The molecule has 6 nitrogen and oxygen atoms in total. The molecule has 0 aliphatic carbocycles. The highest BCUT2D eigenvalue weighted by atomic mass is 35.5. The zero-order valence-corrected chi connectivity index (χ0v) is 18.8. The summed E-state index contributed by atoms with van der Waals surface area (Å²) in [6.45, 7) is 5.42. The van der Waals surface area contributed by atoms with Gasteiger partial charge < -0.3 is 15.8 Å². The van der Waals surface area contributed by atoms with E-state index in [4.69, 9.17) is 33.7 Å². The molecule has 0 bridgehead atoms. The van der Waals surface area contributed by atoms with E-state index in [1.54, 1.807) is 42.5 Å². The average Bonchev–Trinajstić information content (AvgIpc) is 3.00. The van der Waals surface area contributed by atoms with Crippen LogP contribution in [0.5, 0.6) is 0 Å². The fourth-order valence-corrected chi connectivity index (χ4v) is 3.95. The maximum atomic E-state index is 12.9. The Balaban J connectivity index is 1.78. The van der Waals surface area contributed by atoms with E-state index in [-0.39, 0.29) is 26.3 Å². The summed E-state index contributed by atoms with van der Waals surface area (Å²) in [6.07, 6.45) is 0. The molecule has 30 heavy (non-hydrogen) atoms. The zero-order chi connectivity index (χ0) is 22.1. The van der Waals surface area contributed by atoms with Gasteiger partial charge in [0, 0.05) is 5.69 Å². The van der Waals surface area contributed by atoms with Crippen LogP contribution in [0.25, 0.3) is 0 Å². The first kappa shape index (κ1) is 22.1. The number of anilines is 3. The molecule has 0 aliphatic rings. The first-order chi connectivity index (χ1) is 14.0. The summed E-state index contributed by atoms with van der Waals surface area (Å²) in [5.74, 6) is -0.722. The van der Waals surface area contributed by atoms with Crippen molar-refractivity contribution in [3.63, 3.8) is 0 Å². The van der Waals surface area contributed by atoms with Crippen molar-refractivity contribution in [1.29, 1.82) is 0 Å². The lowest BCUT2D eigenvalue weighted by molar-refractivity contribution is 0.00695. The second-order valence-corrected chi connectivity index (χ2v) is 9.18. The second-order valence-electron chi connectivity index (χ2n) is 7.36. The van der Waals surface area contributed by atoms with Crippen LogP contribution in [0.1, 0.15) is 46.4 Å². The van der Waals surface area contributed by atoms with Crippen molar-refractivity contribution < 1.29 is 14.3 Å². The van der Waals surface area contributed by atoms with Gasteiger partial charge in [0.15, 0.2) is 5.13 Å². The lowest BCUT2D eigenvalue weighted by Crippen LogP contribution is -2.23. The van der Waals surface area contributed by atoms with Gasteiger partial charge in [0.2, 0.25) is 5.78 Å². The SMILES string of the molecule is CC(C)(C)OC(=O)c1ccc(Nc2nc(N)c(C(=O)c3c(Cl)cccc3Cl)s2)cc1. The van der Waals surface area contributed by atoms with E-state index in [9.17, 15) is 9.59 Å². The van der Waals surface area contributed by atoms with Gasteiger partial charge in [-0.2, -0.15) is 0 Å². The minimum atomic E-state index is -0.570. The fourth-order valence-electron chi connectivity index (χ4n) is 2.53. The van der Waals surface area contributed by atoms with Crippen LogP contribution >= 0.6 is 34.5 Å². The maximum Gasteiger partial charge on any atom is 0.338 e. The normalized spacial score (nSPS) is 11.2. The number of ketones is 1. The van der Waals surface area contributed by atoms with Gasteiger partial charge in [-0.25, -0.2) is 9.78 Å². The largest absolute Gasteiger partial charge is 0.456 e. The topological polar surface area (TPSA) is 94.3 Å². The molecule has 2 aromatic carbocycles. The number of nitrogens with two attached hydrogens (primary N) is 1. The number of rotatable bonds is 5. The molecule has 0 unspecified atom stereocenters. The average molecular weight is 464 g/mol. The van der Waals surface area contributed by atoms with Crippen molar-refractivity contribution in [3.05, 3.63) is 68.5 Å². The number of nitrogen functional groups attached to an aromatic ring is 1. The molecule has 1 heterocycles. The third kappa shape index (κ3) is 5.11. The molecule has 0 spiro atoms. The minimum Gasteiger partial charge on any atom is -0.456 e. The predicted molar refractivity (Wildman–Crippen MR) is 121 cm³/mol. The van der Waals surface area contributed by atoms with E-state index in [2.05, 4.69) is 10.3 Å². The van der Waals surface area contributed by atoms with E-state index < -0.39 is 17.4 Å². The third-order valence-corrected chi connectivity index (χ3v) is 5.44. The number of carbonyl (C=O) groups excluding carboxylic acids is 2. The van der Waals surface area contributed by atoms with Crippen LogP contribution in [-0.4, -0.2) is 22.3 Å². The number of hydrogen-bond acceptors (Lipinski definition) is 7. The van der Waals surface area contributed by atoms with Gasteiger partial charge in [0.05, 0.1) is 21.2 Å². The van der Waals surface area contributed by atoms with E-state index in [1.165, 1.54) is 0 Å². The third-order valence-electron chi connectivity index (χ3n) is 3.82. The Hall–Kier alpha value is -2.61. The van der Waals surface area contributed by atoms with Gasteiger partial charge in [0.25, 0.3) is 0 Å². The van der Waals surface area contributed by atoms with E-state index >= 15 is 0 Å². The molecule has 0 fully saturated rings. The fraction of sp³-hybridized carbons (Fsp3) is 0.190. The number of benzene rings is 2. The Morgan fingerprint density at radius 2 is 1.67 bits per heavy atom. The number of halogens is 2. The van der Waals surface area contributed by atoms with Gasteiger partial charge in [0.1, 0.15) is 16.3 Å². The van der Waals surface area contributed by atoms with E-state index in [0.717, 1.165) is 11.3 Å². The van der Waals surface area contributed by atoms with Crippen LogP contribution in [-0.2, 0) is 4.74 Å². The van der Waals surface area contributed by atoms with Crippen molar-refractivity contribution in [1.82, 2.24) is 4.98 Å². The Bertz CT molecular complexity index is 1090. The maximum absolute atomic E-state index is 12.9. The van der Waals surface area contributed by atoms with Crippen molar-refractivity contribution in [2.45, 2.75) is 26.4 Å². The first-order valence-corrected chi connectivity index (χ1v) is 10.5. The highest BCUT2D eigenvalue weighted by molar-refractivity contribution is 7.18. The molecule has 0 radical (unpaired) electrons. The number of carbonyl (C=O) groups is 2. The number of hydrogen-bond donors (Lipinski definition) is 2. The molecular formula is C21H19Cl2N3O3S. The number of nitrogens with zero attached hydrogens (tertiary/aromatic N) is 1. The Labute approximate surface area is 188 Å². The molecule has 3 N–H and O–H groups in total. The molecule has 0 aliphatic heterocycles. The molecule has 3 rings (SSSR count). The zero-order valence-electron chi connectivity index (χ0n) is 16.5. The van der Waals surface area contributed by atoms with Crippen molar-refractivity contribution in [2.24, 2.45) is 0 Å². The van der Waals surface area contributed by atoms with Gasteiger partial charge in [-0.3, -0.25) is 4.79 Å². The smallest absolute Gasteiger partial charge is 0.338 e.